The lowest BCUT2D eigenvalue weighted by Crippen LogP contribution is -2.16. The van der Waals surface area contributed by atoms with Crippen molar-refractivity contribution < 1.29 is 50.1 Å². The predicted octanol–water partition coefficient (Wildman–Crippen LogP) is 2.70. The molecular weight excluding hydrogens is 374 g/mol. The quantitative estimate of drug-likeness (QED) is 0.137. The Kier molecular flexibility index (Phi) is 9.99. The maximum absolute atomic E-state index is 13.3. The van der Waals surface area contributed by atoms with E-state index in [9.17, 15) is 31.1 Å². The zero-order valence-corrected chi connectivity index (χ0v) is 13.5. The first-order valence-corrected chi connectivity index (χ1v) is 7.41. The van der Waals surface area contributed by atoms with Gasteiger partial charge in [0.05, 0.1) is 46.1 Å². The molecule has 5 nitrogen and oxygen atoms in total. The van der Waals surface area contributed by atoms with Crippen molar-refractivity contribution in [2.24, 2.45) is 0 Å². The van der Waals surface area contributed by atoms with Gasteiger partial charge in [-0.15, -0.1) is 0 Å². The molecule has 0 fully saturated rings. The molecular formula is C15H16F6O5. The van der Waals surface area contributed by atoms with Crippen LogP contribution in [0, 0.1) is 29.1 Å². The lowest BCUT2D eigenvalue weighted by Gasteiger charge is -2.09. The second-order valence-corrected chi connectivity index (χ2v) is 4.65. The van der Waals surface area contributed by atoms with Crippen molar-refractivity contribution in [2.45, 2.75) is 6.42 Å². The summed E-state index contributed by atoms with van der Waals surface area (Å²) in [5, 5.41) is 0. The molecule has 0 unspecified atom stereocenters. The molecule has 148 valence electrons. The van der Waals surface area contributed by atoms with E-state index in [-0.39, 0.29) is 39.6 Å². The molecule has 0 aromatic heterocycles. The largest absolute Gasteiger partial charge is 0.420 e. The molecule has 0 heterocycles. The van der Waals surface area contributed by atoms with E-state index in [4.69, 9.17) is 14.2 Å². The highest BCUT2D eigenvalue weighted by Gasteiger charge is 2.28. The highest BCUT2D eigenvalue weighted by molar-refractivity contribution is 5.72. The van der Waals surface area contributed by atoms with Gasteiger partial charge in [-0.05, 0) is 0 Å². The number of hydrogen-bond acceptors (Lipinski definition) is 5. The van der Waals surface area contributed by atoms with Gasteiger partial charge < -0.3 is 18.9 Å². The van der Waals surface area contributed by atoms with Crippen molar-refractivity contribution >= 4 is 5.97 Å². The van der Waals surface area contributed by atoms with E-state index in [2.05, 4.69) is 4.74 Å². The second-order valence-electron chi connectivity index (χ2n) is 4.65. The van der Waals surface area contributed by atoms with E-state index in [1.807, 2.05) is 0 Å². The van der Waals surface area contributed by atoms with Gasteiger partial charge >= 0.3 is 5.97 Å². The number of alkyl halides is 1. The monoisotopic (exact) mass is 390 g/mol. The Morgan fingerprint density at radius 3 is 1.58 bits per heavy atom. The van der Waals surface area contributed by atoms with Crippen LogP contribution in [0.3, 0.4) is 0 Å². The summed E-state index contributed by atoms with van der Waals surface area (Å²) in [6, 6.07) is 0. The lowest BCUT2D eigenvalue weighted by molar-refractivity contribution is -0.136. The fourth-order valence-electron chi connectivity index (χ4n) is 1.59. The Morgan fingerprint density at radius 2 is 1.08 bits per heavy atom. The first-order valence-electron chi connectivity index (χ1n) is 7.41. The molecule has 0 aliphatic rings. The lowest BCUT2D eigenvalue weighted by atomic mass is 10.2. The van der Waals surface area contributed by atoms with Gasteiger partial charge in [0.2, 0.25) is 34.8 Å². The van der Waals surface area contributed by atoms with Crippen LogP contribution in [0.4, 0.5) is 26.3 Å². The molecule has 0 aliphatic carbocycles. The van der Waals surface area contributed by atoms with Crippen molar-refractivity contribution in [1.82, 2.24) is 0 Å². The number of carbonyl (C=O) groups is 1. The van der Waals surface area contributed by atoms with Crippen molar-refractivity contribution in [3.8, 4) is 5.75 Å². The molecule has 26 heavy (non-hydrogen) atoms. The van der Waals surface area contributed by atoms with Crippen LogP contribution < -0.4 is 4.74 Å². The average Bonchev–Trinajstić information content (AvgIpc) is 2.63. The number of ether oxygens (including phenoxy) is 4. The Balaban J connectivity index is 2.28. The maximum atomic E-state index is 13.3. The molecule has 0 spiro atoms. The van der Waals surface area contributed by atoms with Crippen LogP contribution >= 0.6 is 0 Å². The molecule has 1 aromatic carbocycles. The van der Waals surface area contributed by atoms with E-state index in [1.54, 1.807) is 0 Å². The summed E-state index contributed by atoms with van der Waals surface area (Å²) < 4.78 is 96.1. The minimum Gasteiger partial charge on any atom is -0.420 e. The number of hydrogen-bond donors (Lipinski definition) is 0. The fraction of sp³-hybridized carbons (Fsp3) is 0.533. The topological polar surface area (TPSA) is 54.0 Å². The molecule has 0 bridgehead atoms. The Hall–Kier alpha value is -1.85. The summed E-state index contributed by atoms with van der Waals surface area (Å²) in [4.78, 5) is 11.4. The van der Waals surface area contributed by atoms with Crippen molar-refractivity contribution in [3.63, 3.8) is 0 Å². The standard InChI is InChI=1S/C15H16F6O5/c16-2-4-24-6-8-25-7-5-23-3-1-9(22)26-15-13(20)11(18)10(17)12(19)14(15)21/h1-8H2. The van der Waals surface area contributed by atoms with E-state index >= 15 is 0 Å². The molecule has 0 radical (unpaired) electrons. The zero-order valence-electron chi connectivity index (χ0n) is 13.5. The summed E-state index contributed by atoms with van der Waals surface area (Å²) in [6.07, 6.45) is -0.487. The second kappa shape index (κ2) is 11.7. The minimum absolute atomic E-state index is 0.0228. The Labute approximate surface area is 144 Å². The van der Waals surface area contributed by atoms with Crippen molar-refractivity contribution in [1.29, 1.82) is 0 Å². The van der Waals surface area contributed by atoms with Gasteiger partial charge in [-0.2, -0.15) is 8.78 Å². The van der Waals surface area contributed by atoms with Crippen LogP contribution in [0.5, 0.6) is 5.75 Å². The number of esters is 1. The summed E-state index contributed by atoms with van der Waals surface area (Å²) in [5.74, 6) is -14.2. The van der Waals surface area contributed by atoms with Crippen LogP contribution in [0.1, 0.15) is 6.42 Å². The normalized spacial score (nSPS) is 11.0. The van der Waals surface area contributed by atoms with E-state index < -0.39 is 53.9 Å². The van der Waals surface area contributed by atoms with Crippen LogP contribution in [0.15, 0.2) is 0 Å². The van der Waals surface area contributed by atoms with Crippen LogP contribution in [-0.2, 0) is 19.0 Å². The van der Waals surface area contributed by atoms with Gasteiger partial charge in [-0.25, -0.2) is 17.6 Å². The number of benzene rings is 1. The van der Waals surface area contributed by atoms with Gasteiger partial charge in [-0.3, -0.25) is 4.79 Å². The Bertz CT molecular complexity index is 569. The minimum atomic E-state index is -2.35. The fourth-order valence-corrected chi connectivity index (χ4v) is 1.59. The molecule has 0 aliphatic heterocycles. The maximum Gasteiger partial charge on any atom is 0.313 e. The average molecular weight is 390 g/mol. The van der Waals surface area contributed by atoms with Gasteiger partial charge in [0.15, 0.2) is 0 Å². The summed E-state index contributed by atoms with van der Waals surface area (Å²) in [5.41, 5.74) is 0. The highest BCUT2D eigenvalue weighted by atomic mass is 19.2. The van der Waals surface area contributed by atoms with Gasteiger partial charge in [0, 0.05) is 0 Å². The number of halogens is 6. The number of carbonyl (C=O) groups excluding carboxylic acids is 1. The molecule has 1 rings (SSSR count). The van der Waals surface area contributed by atoms with Gasteiger partial charge in [-0.1, -0.05) is 0 Å². The first kappa shape index (κ1) is 22.2. The first-order chi connectivity index (χ1) is 12.4. The molecule has 0 atom stereocenters. The molecule has 0 saturated carbocycles. The SMILES string of the molecule is O=C(CCOCCOCCOCCF)Oc1c(F)c(F)c(F)c(F)c1F. The molecule has 1 aromatic rings. The van der Waals surface area contributed by atoms with Crippen LogP contribution in [0.2, 0.25) is 0 Å². The third-order valence-electron chi connectivity index (χ3n) is 2.80. The Morgan fingerprint density at radius 1 is 0.654 bits per heavy atom. The third-order valence-corrected chi connectivity index (χ3v) is 2.80. The molecule has 0 N–H and O–H groups in total. The molecule has 0 saturated heterocycles. The van der Waals surface area contributed by atoms with Crippen LogP contribution in [-0.4, -0.2) is 52.3 Å². The number of rotatable bonds is 12. The summed E-state index contributed by atoms with van der Waals surface area (Å²) in [6.45, 7) is -0.209. The van der Waals surface area contributed by atoms with E-state index in [0.717, 1.165) is 0 Å². The van der Waals surface area contributed by atoms with Gasteiger partial charge in [0.25, 0.3) is 0 Å². The van der Waals surface area contributed by atoms with Crippen molar-refractivity contribution in [2.75, 3.05) is 46.3 Å². The highest BCUT2D eigenvalue weighted by Crippen LogP contribution is 2.29. The smallest absolute Gasteiger partial charge is 0.313 e. The zero-order chi connectivity index (χ0) is 19.5. The summed E-state index contributed by atoms with van der Waals surface area (Å²) in [7, 11) is 0. The molecule has 11 heteroatoms. The van der Waals surface area contributed by atoms with E-state index in [1.165, 1.54) is 0 Å². The van der Waals surface area contributed by atoms with Crippen LogP contribution in [0.25, 0.3) is 0 Å². The summed E-state index contributed by atoms with van der Waals surface area (Å²) >= 11 is 0. The van der Waals surface area contributed by atoms with Crippen molar-refractivity contribution in [3.05, 3.63) is 29.1 Å². The third kappa shape index (κ3) is 6.81. The van der Waals surface area contributed by atoms with Gasteiger partial charge in [0.1, 0.15) is 6.67 Å². The predicted molar refractivity (Wildman–Crippen MR) is 74.9 cm³/mol. The van der Waals surface area contributed by atoms with E-state index in [0.29, 0.717) is 0 Å². The molecule has 0 amide bonds.